The van der Waals surface area contributed by atoms with Gasteiger partial charge in [0.05, 0.1) is 17.7 Å². The van der Waals surface area contributed by atoms with Crippen LogP contribution in [0.15, 0.2) is 55.0 Å². The smallest absolute Gasteiger partial charge is 0.257 e. The molecule has 1 aromatic heterocycles. The van der Waals surface area contributed by atoms with Gasteiger partial charge in [0.2, 0.25) is 12.7 Å². The van der Waals surface area contributed by atoms with Gasteiger partial charge in [0.25, 0.3) is 5.91 Å². The number of ether oxygens (including phenoxy) is 2. The van der Waals surface area contributed by atoms with Gasteiger partial charge in [0.15, 0.2) is 11.5 Å². The molecule has 0 unspecified atom stereocenters. The third kappa shape index (κ3) is 4.63. The Bertz CT molecular complexity index is 1110. The lowest BCUT2D eigenvalue weighted by molar-refractivity contribution is -0.120. The molecule has 0 saturated heterocycles. The molecule has 0 bridgehead atoms. The maximum absolute atomic E-state index is 12.4. The van der Waals surface area contributed by atoms with Crippen LogP contribution in [0.2, 0.25) is 0 Å². The summed E-state index contributed by atoms with van der Waals surface area (Å²) in [6.45, 7) is 0.609. The molecule has 0 spiro atoms. The van der Waals surface area contributed by atoms with Crippen molar-refractivity contribution in [3.8, 4) is 22.8 Å². The minimum absolute atomic E-state index is 0.0855. The van der Waals surface area contributed by atoms with Crippen molar-refractivity contribution < 1.29 is 19.1 Å². The van der Waals surface area contributed by atoms with Crippen LogP contribution in [0.1, 0.15) is 21.5 Å². The molecule has 4 rings (SSSR count). The zero-order valence-corrected chi connectivity index (χ0v) is 17.3. The van der Waals surface area contributed by atoms with E-state index in [1.807, 2.05) is 42.5 Å². The first-order valence-corrected chi connectivity index (χ1v) is 9.77. The number of nitrogens with one attached hydrogen (secondary N) is 1. The predicted octanol–water partition coefficient (Wildman–Crippen LogP) is 2.43. The van der Waals surface area contributed by atoms with Gasteiger partial charge < -0.3 is 19.7 Å². The van der Waals surface area contributed by atoms with E-state index in [1.165, 1.54) is 17.4 Å². The van der Waals surface area contributed by atoms with Crippen LogP contribution in [0.3, 0.4) is 0 Å². The van der Waals surface area contributed by atoms with Gasteiger partial charge in [0, 0.05) is 32.4 Å². The fraction of sp³-hybridized carbons (Fsp3) is 0.217. The van der Waals surface area contributed by atoms with Gasteiger partial charge in [-0.05, 0) is 23.3 Å². The molecule has 0 radical (unpaired) electrons. The standard InChI is InChI=1S/C23H22N4O4/c1-27(2)23(29)18-12-24-13-26-22(18)17-6-3-15(4-7-17)11-25-21(28)10-16-5-8-19-20(9-16)31-14-30-19/h3-9,12-13H,10-11,14H2,1-2H3,(H,25,28). The highest BCUT2D eigenvalue weighted by molar-refractivity contribution is 5.99. The van der Waals surface area contributed by atoms with Gasteiger partial charge in [0.1, 0.15) is 6.33 Å². The Morgan fingerprint density at radius 1 is 1.03 bits per heavy atom. The van der Waals surface area contributed by atoms with Crippen molar-refractivity contribution in [2.45, 2.75) is 13.0 Å². The Balaban J connectivity index is 1.38. The third-order valence-corrected chi connectivity index (χ3v) is 4.87. The van der Waals surface area contributed by atoms with Crippen molar-refractivity contribution in [1.29, 1.82) is 0 Å². The van der Waals surface area contributed by atoms with Crippen LogP contribution in [0.4, 0.5) is 0 Å². The van der Waals surface area contributed by atoms with Crippen molar-refractivity contribution in [2.24, 2.45) is 0 Å². The second kappa shape index (κ2) is 8.83. The largest absolute Gasteiger partial charge is 0.454 e. The average molecular weight is 418 g/mol. The molecule has 0 atom stereocenters. The first-order chi connectivity index (χ1) is 15.0. The van der Waals surface area contributed by atoms with Crippen molar-refractivity contribution in [3.63, 3.8) is 0 Å². The second-order valence-electron chi connectivity index (χ2n) is 7.32. The quantitative estimate of drug-likeness (QED) is 0.661. The lowest BCUT2D eigenvalue weighted by Gasteiger charge is -2.13. The van der Waals surface area contributed by atoms with Crippen molar-refractivity contribution in [3.05, 3.63) is 71.7 Å². The number of carbonyl (C=O) groups excluding carboxylic acids is 2. The summed E-state index contributed by atoms with van der Waals surface area (Å²) in [6.07, 6.45) is 3.20. The predicted molar refractivity (Wildman–Crippen MR) is 114 cm³/mol. The third-order valence-electron chi connectivity index (χ3n) is 4.87. The van der Waals surface area contributed by atoms with Gasteiger partial charge in [-0.25, -0.2) is 9.97 Å². The van der Waals surface area contributed by atoms with E-state index < -0.39 is 0 Å². The van der Waals surface area contributed by atoms with Gasteiger partial charge in [-0.2, -0.15) is 0 Å². The first kappa shape index (κ1) is 20.3. The summed E-state index contributed by atoms with van der Waals surface area (Å²) in [4.78, 5) is 34.4. The second-order valence-corrected chi connectivity index (χ2v) is 7.32. The molecule has 0 fully saturated rings. The monoisotopic (exact) mass is 418 g/mol. The van der Waals surface area contributed by atoms with Gasteiger partial charge in [-0.15, -0.1) is 0 Å². The zero-order chi connectivity index (χ0) is 21.8. The molecule has 2 amide bonds. The molecule has 2 heterocycles. The number of hydrogen-bond donors (Lipinski definition) is 1. The van der Waals surface area contributed by atoms with E-state index in [2.05, 4.69) is 15.3 Å². The van der Waals surface area contributed by atoms with E-state index in [9.17, 15) is 9.59 Å². The molecule has 1 aliphatic rings. The van der Waals surface area contributed by atoms with Crippen LogP contribution >= 0.6 is 0 Å². The summed E-state index contributed by atoms with van der Waals surface area (Å²) >= 11 is 0. The number of hydrogen-bond acceptors (Lipinski definition) is 6. The highest BCUT2D eigenvalue weighted by Gasteiger charge is 2.17. The highest BCUT2D eigenvalue weighted by atomic mass is 16.7. The Kier molecular flexibility index (Phi) is 5.79. The van der Waals surface area contributed by atoms with Crippen LogP contribution in [0, 0.1) is 0 Å². The van der Waals surface area contributed by atoms with E-state index in [0.29, 0.717) is 29.3 Å². The van der Waals surface area contributed by atoms with Gasteiger partial charge in [-0.3, -0.25) is 9.59 Å². The molecule has 8 nitrogen and oxygen atoms in total. The number of aromatic nitrogens is 2. The first-order valence-electron chi connectivity index (χ1n) is 9.77. The van der Waals surface area contributed by atoms with E-state index in [-0.39, 0.29) is 25.0 Å². The van der Waals surface area contributed by atoms with Crippen molar-refractivity contribution >= 4 is 11.8 Å². The fourth-order valence-electron chi connectivity index (χ4n) is 3.24. The lowest BCUT2D eigenvalue weighted by Crippen LogP contribution is -2.24. The summed E-state index contributed by atoms with van der Waals surface area (Å²) in [6, 6.07) is 13.1. The summed E-state index contributed by atoms with van der Waals surface area (Å²) in [5.74, 6) is 1.12. The fourth-order valence-corrected chi connectivity index (χ4v) is 3.24. The maximum Gasteiger partial charge on any atom is 0.257 e. The number of rotatable bonds is 6. The number of fused-ring (bicyclic) bond motifs is 1. The minimum Gasteiger partial charge on any atom is -0.454 e. The Morgan fingerprint density at radius 3 is 2.55 bits per heavy atom. The Hall–Kier alpha value is -3.94. The van der Waals surface area contributed by atoms with Crippen LogP contribution in [-0.4, -0.2) is 47.6 Å². The number of amides is 2. The van der Waals surface area contributed by atoms with E-state index in [0.717, 1.165) is 16.7 Å². The summed E-state index contributed by atoms with van der Waals surface area (Å²) in [7, 11) is 3.38. The normalized spacial score (nSPS) is 11.8. The highest BCUT2D eigenvalue weighted by Crippen LogP contribution is 2.32. The molecule has 1 N–H and O–H groups in total. The summed E-state index contributed by atoms with van der Waals surface area (Å²) in [5.41, 5.74) is 3.63. The van der Waals surface area contributed by atoms with Crippen molar-refractivity contribution in [1.82, 2.24) is 20.2 Å². The molecule has 8 heteroatoms. The van der Waals surface area contributed by atoms with E-state index >= 15 is 0 Å². The molecular weight excluding hydrogens is 396 g/mol. The molecule has 0 saturated carbocycles. The van der Waals surface area contributed by atoms with Crippen molar-refractivity contribution in [2.75, 3.05) is 20.9 Å². The molecule has 3 aromatic rings. The molecule has 2 aromatic carbocycles. The average Bonchev–Trinajstić information content (AvgIpc) is 3.25. The Morgan fingerprint density at radius 2 is 1.77 bits per heavy atom. The van der Waals surface area contributed by atoms with Gasteiger partial charge >= 0.3 is 0 Å². The molecule has 0 aliphatic carbocycles. The SMILES string of the molecule is CN(C)C(=O)c1cncnc1-c1ccc(CNC(=O)Cc2ccc3c(c2)OCO3)cc1. The number of nitrogens with zero attached hydrogens (tertiary/aromatic N) is 3. The minimum atomic E-state index is -0.157. The molecule has 31 heavy (non-hydrogen) atoms. The maximum atomic E-state index is 12.4. The van der Waals surface area contributed by atoms with Crippen LogP contribution in [0.5, 0.6) is 11.5 Å². The summed E-state index contributed by atoms with van der Waals surface area (Å²) < 4.78 is 10.6. The van der Waals surface area contributed by atoms with Crippen LogP contribution in [0.25, 0.3) is 11.3 Å². The molecule has 158 valence electrons. The topological polar surface area (TPSA) is 93.7 Å². The van der Waals surface area contributed by atoms with E-state index in [1.54, 1.807) is 14.1 Å². The number of benzene rings is 2. The lowest BCUT2D eigenvalue weighted by atomic mass is 10.0. The number of carbonyl (C=O) groups is 2. The van der Waals surface area contributed by atoms with Crippen LogP contribution < -0.4 is 14.8 Å². The molecular formula is C23H22N4O4. The van der Waals surface area contributed by atoms with Gasteiger partial charge in [-0.1, -0.05) is 30.3 Å². The molecule has 1 aliphatic heterocycles. The Labute approximate surface area is 179 Å². The van der Waals surface area contributed by atoms with Crippen LogP contribution in [-0.2, 0) is 17.8 Å². The van der Waals surface area contributed by atoms with E-state index in [4.69, 9.17) is 9.47 Å². The zero-order valence-electron chi connectivity index (χ0n) is 17.3. The summed E-state index contributed by atoms with van der Waals surface area (Å²) in [5, 5.41) is 2.92.